The van der Waals surface area contributed by atoms with Crippen molar-refractivity contribution in [3.05, 3.63) is 0 Å². The molecule has 1 unspecified atom stereocenters. The third-order valence-corrected chi connectivity index (χ3v) is 2.49. The van der Waals surface area contributed by atoms with E-state index < -0.39 is 0 Å². The average Bonchev–Trinajstić information content (AvgIpc) is 2.14. The lowest BCUT2D eigenvalue weighted by molar-refractivity contribution is 0.114. The van der Waals surface area contributed by atoms with Gasteiger partial charge in [0.1, 0.15) is 0 Å². The van der Waals surface area contributed by atoms with Crippen molar-refractivity contribution in [1.29, 1.82) is 0 Å². The number of aliphatic hydroxyl groups is 1. The SMILES string of the molecule is CC(C)CC(C)O.CC(C)CCOCCC(C)C. The van der Waals surface area contributed by atoms with Gasteiger partial charge in [0.05, 0.1) is 6.10 Å². The van der Waals surface area contributed by atoms with E-state index in [2.05, 4.69) is 41.5 Å². The van der Waals surface area contributed by atoms with E-state index in [0.29, 0.717) is 5.92 Å². The molecule has 0 saturated carbocycles. The Morgan fingerprint density at radius 1 is 0.722 bits per heavy atom. The molecular formula is C16H36O2. The van der Waals surface area contributed by atoms with E-state index in [1.165, 1.54) is 12.8 Å². The first-order chi connectivity index (χ1) is 8.25. The Kier molecular flexibility index (Phi) is 15.0. The van der Waals surface area contributed by atoms with Crippen molar-refractivity contribution in [3.8, 4) is 0 Å². The molecule has 2 nitrogen and oxygen atoms in total. The summed E-state index contributed by atoms with van der Waals surface area (Å²) in [5.74, 6) is 2.17. The summed E-state index contributed by atoms with van der Waals surface area (Å²) in [4.78, 5) is 0. The zero-order valence-electron chi connectivity index (χ0n) is 13.7. The summed E-state index contributed by atoms with van der Waals surface area (Å²) >= 11 is 0. The highest BCUT2D eigenvalue weighted by Gasteiger charge is 1.97. The smallest absolute Gasteiger partial charge is 0.0514 e. The fourth-order valence-corrected chi connectivity index (χ4v) is 1.42. The van der Waals surface area contributed by atoms with Crippen LogP contribution in [0.1, 0.15) is 67.7 Å². The van der Waals surface area contributed by atoms with Crippen LogP contribution in [-0.4, -0.2) is 24.4 Å². The highest BCUT2D eigenvalue weighted by molar-refractivity contribution is 4.49. The lowest BCUT2D eigenvalue weighted by Crippen LogP contribution is -2.03. The van der Waals surface area contributed by atoms with Crippen molar-refractivity contribution in [1.82, 2.24) is 0 Å². The minimum atomic E-state index is -0.125. The van der Waals surface area contributed by atoms with Gasteiger partial charge >= 0.3 is 0 Å². The Labute approximate surface area is 115 Å². The first kappa shape index (κ1) is 20.2. The molecule has 0 fully saturated rings. The molecule has 2 heteroatoms. The van der Waals surface area contributed by atoms with Crippen LogP contribution < -0.4 is 0 Å². The molecule has 0 aliphatic rings. The van der Waals surface area contributed by atoms with Crippen molar-refractivity contribution >= 4 is 0 Å². The molecule has 0 heterocycles. The van der Waals surface area contributed by atoms with E-state index in [4.69, 9.17) is 9.84 Å². The van der Waals surface area contributed by atoms with E-state index in [1.54, 1.807) is 0 Å². The lowest BCUT2D eigenvalue weighted by Gasteiger charge is -2.07. The highest BCUT2D eigenvalue weighted by atomic mass is 16.5. The topological polar surface area (TPSA) is 29.5 Å². The molecule has 0 rings (SSSR count). The molecule has 0 spiro atoms. The molecule has 112 valence electrons. The predicted molar refractivity (Wildman–Crippen MR) is 80.9 cm³/mol. The van der Waals surface area contributed by atoms with Crippen LogP contribution in [0, 0.1) is 17.8 Å². The maximum atomic E-state index is 8.72. The molecule has 0 aliphatic heterocycles. The molecule has 0 aromatic carbocycles. The minimum Gasteiger partial charge on any atom is -0.393 e. The van der Waals surface area contributed by atoms with Crippen LogP contribution in [-0.2, 0) is 4.74 Å². The average molecular weight is 260 g/mol. The largest absolute Gasteiger partial charge is 0.393 e. The van der Waals surface area contributed by atoms with Gasteiger partial charge in [0.15, 0.2) is 0 Å². The van der Waals surface area contributed by atoms with Gasteiger partial charge in [-0.2, -0.15) is 0 Å². The van der Waals surface area contributed by atoms with Crippen LogP contribution >= 0.6 is 0 Å². The van der Waals surface area contributed by atoms with Crippen LogP contribution in [0.2, 0.25) is 0 Å². The Morgan fingerprint density at radius 3 is 1.28 bits per heavy atom. The third kappa shape index (κ3) is 24.9. The zero-order chi connectivity index (χ0) is 14.6. The first-order valence-corrected chi connectivity index (χ1v) is 7.51. The standard InChI is InChI=1S/C10H22O.C6H14O/c1-9(2)5-7-11-8-6-10(3)4;1-5(2)4-6(3)7/h9-10H,5-8H2,1-4H3;5-7H,4H2,1-3H3. The number of ether oxygens (including phenoxy) is 1. The van der Waals surface area contributed by atoms with Gasteiger partial charge in [-0.05, 0) is 43.9 Å². The van der Waals surface area contributed by atoms with Gasteiger partial charge in [-0.15, -0.1) is 0 Å². The summed E-state index contributed by atoms with van der Waals surface area (Å²) in [6.07, 6.45) is 3.18. The van der Waals surface area contributed by atoms with Gasteiger partial charge in [-0.1, -0.05) is 41.5 Å². The second kappa shape index (κ2) is 13.4. The molecule has 0 aromatic rings. The van der Waals surface area contributed by atoms with Gasteiger partial charge in [0.2, 0.25) is 0 Å². The summed E-state index contributed by atoms with van der Waals surface area (Å²) < 4.78 is 5.46. The first-order valence-electron chi connectivity index (χ1n) is 7.51. The number of hydrogen-bond donors (Lipinski definition) is 1. The third-order valence-electron chi connectivity index (χ3n) is 2.49. The highest BCUT2D eigenvalue weighted by Crippen LogP contribution is 2.02. The number of rotatable bonds is 8. The molecule has 0 aromatic heterocycles. The van der Waals surface area contributed by atoms with Crippen molar-refractivity contribution in [2.45, 2.75) is 73.8 Å². The Bertz CT molecular complexity index is 135. The normalized spacial score (nSPS) is 12.8. The fraction of sp³-hybridized carbons (Fsp3) is 1.00. The predicted octanol–water partition coefficient (Wildman–Crippen LogP) is 4.51. The second-order valence-corrected chi connectivity index (χ2v) is 6.46. The molecule has 18 heavy (non-hydrogen) atoms. The van der Waals surface area contributed by atoms with Crippen molar-refractivity contribution in [3.63, 3.8) is 0 Å². The van der Waals surface area contributed by atoms with Crippen LogP contribution in [0.5, 0.6) is 0 Å². The fourth-order valence-electron chi connectivity index (χ4n) is 1.42. The van der Waals surface area contributed by atoms with E-state index in [-0.39, 0.29) is 6.10 Å². The Morgan fingerprint density at radius 2 is 1.11 bits per heavy atom. The molecule has 0 amide bonds. The molecule has 0 bridgehead atoms. The summed E-state index contributed by atoms with van der Waals surface area (Å²) in [7, 11) is 0. The molecule has 0 aliphatic carbocycles. The van der Waals surface area contributed by atoms with Crippen molar-refractivity contribution in [2.75, 3.05) is 13.2 Å². The van der Waals surface area contributed by atoms with E-state index in [0.717, 1.165) is 31.5 Å². The van der Waals surface area contributed by atoms with Gasteiger partial charge in [0, 0.05) is 13.2 Å². The minimum absolute atomic E-state index is 0.125. The second-order valence-electron chi connectivity index (χ2n) is 6.46. The summed E-state index contributed by atoms with van der Waals surface area (Å²) in [6.45, 7) is 16.8. The Hall–Kier alpha value is -0.0800. The van der Waals surface area contributed by atoms with Gasteiger partial charge in [-0.3, -0.25) is 0 Å². The molecular weight excluding hydrogens is 224 g/mol. The van der Waals surface area contributed by atoms with Crippen LogP contribution in [0.3, 0.4) is 0 Å². The van der Waals surface area contributed by atoms with Crippen LogP contribution in [0.4, 0.5) is 0 Å². The quantitative estimate of drug-likeness (QED) is 0.651. The number of aliphatic hydroxyl groups excluding tert-OH is 1. The van der Waals surface area contributed by atoms with Crippen LogP contribution in [0.15, 0.2) is 0 Å². The van der Waals surface area contributed by atoms with Crippen LogP contribution in [0.25, 0.3) is 0 Å². The van der Waals surface area contributed by atoms with Crippen molar-refractivity contribution in [2.24, 2.45) is 17.8 Å². The number of hydrogen-bond acceptors (Lipinski definition) is 2. The maximum absolute atomic E-state index is 8.72. The lowest BCUT2D eigenvalue weighted by atomic mass is 10.1. The van der Waals surface area contributed by atoms with Gasteiger partial charge in [0.25, 0.3) is 0 Å². The Balaban J connectivity index is 0. The van der Waals surface area contributed by atoms with Crippen molar-refractivity contribution < 1.29 is 9.84 Å². The van der Waals surface area contributed by atoms with Gasteiger partial charge < -0.3 is 9.84 Å². The maximum Gasteiger partial charge on any atom is 0.0514 e. The molecule has 0 saturated heterocycles. The molecule has 0 radical (unpaired) electrons. The summed E-state index contributed by atoms with van der Waals surface area (Å²) in [5, 5.41) is 8.72. The van der Waals surface area contributed by atoms with E-state index in [9.17, 15) is 0 Å². The van der Waals surface area contributed by atoms with Gasteiger partial charge in [-0.25, -0.2) is 0 Å². The molecule has 1 N–H and O–H groups in total. The summed E-state index contributed by atoms with van der Waals surface area (Å²) in [6, 6.07) is 0. The van der Waals surface area contributed by atoms with E-state index >= 15 is 0 Å². The summed E-state index contributed by atoms with van der Waals surface area (Å²) in [5.41, 5.74) is 0. The zero-order valence-corrected chi connectivity index (χ0v) is 13.7. The molecule has 1 atom stereocenters. The monoisotopic (exact) mass is 260 g/mol. The van der Waals surface area contributed by atoms with E-state index in [1.807, 2.05) is 6.92 Å².